The van der Waals surface area contributed by atoms with Crippen molar-refractivity contribution in [2.75, 3.05) is 6.54 Å². The molecule has 0 fully saturated rings. The normalized spacial score (nSPS) is 13.4. The first kappa shape index (κ1) is 14.7. The first-order valence-corrected chi connectivity index (χ1v) is 7.19. The molecular weight excluding hydrogens is 248 g/mol. The van der Waals surface area contributed by atoms with Crippen molar-refractivity contribution in [2.45, 2.75) is 45.6 Å². The lowest BCUT2D eigenvalue weighted by Gasteiger charge is -2.20. The number of nitrogens with zero attached hydrogens (tertiary/aromatic N) is 2. The molecule has 1 atom stereocenters. The molecule has 4 nitrogen and oxygen atoms in total. The summed E-state index contributed by atoms with van der Waals surface area (Å²) in [6, 6.07) is 9.08. The molecule has 0 amide bonds. The standard InChI is InChI=1S/C16H24N4/c1-5-17-14(15-11-18-20-19-15)10-12-6-8-13(9-7-12)16(2,3)4/h6-9,11,14,17H,5,10H2,1-4H3,(H,18,19,20). The van der Waals surface area contributed by atoms with Crippen LogP contribution in [0.15, 0.2) is 30.5 Å². The van der Waals surface area contributed by atoms with E-state index in [0.717, 1.165) is 18.7 Å². The summed E-state index contributed by atoms with van der Waals surface area (Å²) in [6.45, 7) is 9.73. The summed E-state index contributed by atoms with van der Waals surface area (Å²) in [6.07, 6.45) is 2.71. The highest BCUT2D eigenvalue weighted by Crippen LogP contribution is 2.23. The molecule has 0 bridgehead atoms. The van der Waals surface area contributed by atoms with Gasteiger partial charge in [0, 0.05) is 0 Å². The Morgan fingerprint density at radius 1 is 1.20 bits per heavy atom. The molecule has 0 aliphatic heterocycles. The van der Waals surface area contributed by atoms with Gasteiger partial charge in [-0.3, -0.25) is 0 Å². The maximum atomic E-state index is 4.19. The van der Waals surface area contributed by atoms with Gasteiger partial charge in [-0.2, -0.15) is 15.4 Å². The van der Waals surface area contributed by atoms with E-state index in [0.29, 0.717) is 0 Å². The molecule has 2 N–H and O–H groups in total. The molecule has 0 saturated heterocycles. The van der Waals surface area contributed by atoms with Crippen molar-refractivity contribution in [3.05, 3.63) is 47.3 Å². The van der Waals surface area contributed by atoms with E-state index in [9.17, 15) is 0 Å². The molecule has 0 aliphatic rings. The molecular formula is C16H24N4. The highest BCUT2D eigenvalue weighted by atomic mass is 15.3. The second-order valence-electron chi connectivity index (χ2n) is 6.16. The van der Waals surface area contributed by atoms with Crippen LogP contribution in [0.4, 0.5) is 0 Å². The zero-order chi connectivity index (χ0) is 14.6. The minimum atomic E-state index is 0.200. The number of rotatable bonds is 5. The summed E-state index contributed by atoms with van der Waals surface area (Å²) in [7, 11) is 0. The Kier molecular flexibility index (Phi) is 4.55. The molecule has 0 radical (unpaired) electrons. The predicted octanol–water partition coefficient (Wildman–Crippen LogP) is 3.00. The average molecular weight is 272 g/mol. The summed E-state index contributed by atoms with van der Waals surface area (Å²) in [5, 5.41) is 14.2. The third-order valence-corrected chi connectivity index (χ3v) is 3.50. The highest BCUT2D eigenvalue weighted by Gasteiger charge is 2.16. The number of likely N-dealkylation sites (N-methyl/N-ethyl adjacent to an activating group) is 1. The van der Waals surface area contributed by atoms with Crippen molar-refractivity contribution in [1.29, 1.82) is 0 Å². The Labute approximate surface area is 121 Å². The minimum Gasteiger partial charge on any atom is -0.309 e. The fourth-order valence-corrected chi connectivity index (χ4v) is 2.28. The molecule has 20 heavy (non-hydrogen) atoms. The van der Waals surface area contributed by atoms with Crippen molar-refractivity contribution in [3.63, 3.8) is 0 Å². The fraction of sp³-hybridized carbons (Fsp3) is 0.500. The molecule has 1 heterocycles. The molecule has 1 aromatic carbocycles. The van der Waals surface area contributed by atoms with E-state index < -0.39 is 0 Å². The number of aromatic nitrogens is 3. The average Bonchev–Trinajstić information content (AvgIpc) is 2.91. The predicted molar refractivity (Wildman–Crippen MR) is 81.6 cm³/mol. The molecule has 1 aromatic heterocycles. The fourth-order valence-electron chi connectivity index (χ4n) is 2.28. The monoisotopic (exact) mass is 272 g/mol. The van der Waals surface area contributed by atoms with Crippen molar-refractivity contribution in [2.24, 2.45) is 0 Å². The molecule has 4 heteroatoms. The lowest BCUT2D eigenvalue weighted by Crippen LogP contribution is -2.23. The lowest BCUT2D eigenvalue weighted by molar-refractivity contribution is 0.535. The zero-order valence-corrected chi connectivity index (χ0v) is 12.8. The van der Waals surface area contributed by atoms with Gasteiger partial charge in [0.15, 0.2) is 0 Å². The van der Waals surface area contributed by atoms with Crippen LogP contribution in [-0.2, 0) is 11.8 Å². The van der Waals surface area contributed by atoms with Gasteiger partial charge >= 0.3 is 0 Å². The summed E-state index contributed by atoms with van der Waals surface area (Å²) >= 11 is 0. The van der Waals surface area contributed by atoms with Crippen LogP contribution in [-0.4, -0.2) is 22.0 Å². The maximum Gasteiger partial charge on any atom is 0.0997 e. The second-order valence-corrected chi connectivity index (χ2v) is 6.16. The molecule has 1 unspecified atom stereocenters. The lowest BCUT2D eigenvalue weighted by atomic mass is 9.86. The molecule has 0 spiro atoms. The number of hydrogen-bond acceptors (Lipinski definition) is 3. The van der Waals surface area contributed by atoms with Crippen LogP contribution in [0.5, 0.6) is 0 Å². The third kappa shape index (κ3) is 3.67. The largest absolute Gasteiger partial charge is 0.309 e. The van der Waals surface area contributed by atoms with E-state index in [2.05, 4.69) is 72.7 Å². The quantitative estimate of drug-likeness (QED) is 0.879. The smallest absolute Gasteiger partial charge is 0.0997 e. The third-order valence-electron chi connectivity index (χ3n) is 3.50. The number of benzene rings is 1. The zero-order valence-electron chi connectivity index (χ0n) is 12.8. The van der Waals surface area contributed by atoms with E-state index in [4.69, 9.17) is 0 Å². The highest BCUT2D eigenvalue weighted by molar-refractivity contribution is 5.28. The first-order chi connectivity index (χ1) is 9.50. The molecule has 108 valence electrons. The van der Waals surface area contributed by atoms with Crippen LogP contribution < -0.4 is 5.32 Å². The van der Waals surface area contributed by atoms with Gasteiger partial charge in [0.05, 0.1) is 17.9 Å². The Morgan fingerprint density at radius 2 is 1.90 bits per heavy atom. The van der Waals surface area contributed by atoms with Gasteiger partial charge in [-0.25, -0.2) is 0 Å². The van der Waals surface area contributed by atoms with Gasteiger partial charge in [0.25, 0.3) is 0 Å². The molecule has 0 saturated carbocycles. The second kappa shape index (κ2) is 6.18. The summed E-state index contributed by atoms with van der Waals surface area (Å²) in [5.41, 5.74) is 3.84. The summed E-state index contributed by atoms with van der Waals surface area (Å²) in [5.74, 6) is 0. The van der Waals surface area contributed by atoms with Crippen LogP contribution >= 0.6 is 0 Å². The van der Waals surface area contributed by atoms with E-state index >= 15 is 0 Å². The molecule has 2 rings (SSSR count). The van der Waals surface area contributed by atoms with Crippen molar-refractivity contribution >= 4 is 0 Å². The molecule has 2 aromatic rings. The van der Waals surface area contributed by atoms with Gasteiger partial charge in [-0.1, -0.05) is 52.0 Å². The Morgan fingerprint density at radius 3 is 2.40 bits per heavy atom. The SMILES string of the molecule is CCNC(Cc1ccc(C(C)(C)C)cc1)c1cn[nH]n1. The Balaban J connectivity index is 2.11. The minimum absolute atomic E-state index is 0.200. The van der Waals surface area contributed by atoms with Crippen LogP contribution in [0.3, 0.4) is 0 Å². The van der Waals surface area contributed by atoms with E-state index in [1.54, 1.807) is 6.20 Å². The van der Waals surface area contributed by atoms with Crippen LogP contribution in [0.1, 0.15) is 50.6 Å². The summed E-state index contributed by atoms with van der Waals surface area (Å²) < 4.78 is 0. The number of nitrogens with one attached hydrogen (secondary N) is 2. The van der Waals surface area contributed by atoms with E-state index in [1.165, 1.54) is 11.1 Å². The topological polar surface area (TPSA) is 53.6 Å². The van der Waals surface area contributed by atoms with E-state index in [-0.39, 0.29) is 11.5 Å². The Hall–Kier alpha value is -1.68. The number of aromatic amines is 1. The maximum absolute atomic E-state index is 4.19. The van der Waals surface area contributed by atoms with Crippen molar-refractivity contribution in [3.8, 4) is 0 Å². The van der Waals surface area contributed by atoms with Gasteiger partial charge in [0.1, 0.15) is 0 Å². The molecule has 0 aliphatic carbocycles. The van der Waals surface area contributed by atoms with Crippen LogP contribution in [0.25, 0.3) is 0 Å². The number of hydrogen-bond donors (Lipinski definition) is 2. The van der Waals surface area contributed by atoms with Gasteiger partial charge in [0.2, 0.25) is 0 Å². The van der Waals surface area contributed by atoms with Gasteiger partial charge in [-0.05, 0) is 29.5 Å². The van der Waals surface area contributed by atoms with Gasteiger partial charge in [-0.15, -0.1) is 0 Å². The van der Waals surface area contributed by atoms with Crippen LogP contribution in [0, 0.1) is 0 Å². The van der Waals surface area contributed by atoms with Crippen molar-refractivity contribution < 1.29 is 0 Å². The van der Waals surface area contributed by atoms with E-state index in [1.807, 2.05) is 0 Å². The van der Waals surface area contributed by atoms with Crippen molar-refractivity contribution in [1.82, 2.24) is 20.7 Å². The van der Waals surface area contributed by atoms with Gasteiger partial charge < -0.3 is 5.32 Å². The number of H-pyrrole nitrogens is 1. The first-order valence-electron chi connectivity index (χ1n) is 7.19. The Bertz CT molecular complexity index is 508. The summed E-state index contributed by atoms with van der Waals surface area (Å²) in [4.78, 5) is 0. The van der Waals surface area contributed by atoms with Crippen LogP contribution in [0.2, 0.25) is 0 Å².